The lowest BCUT2D eigenvalue weighted by Gasteiger charge is -2.24. The lowest BCUT2D eigenvalue weighted by Crippen LogP contribution is -2.32. The van der Waals surface area contributed by atoms with Crippen LogP contribution in [0.4, 0.5) is 0 Å². The van der Waals surface area contributed by atoms with Crippen molar-refractivity contribution >= 4 is 23.9 Å². The fourth-order valence-corrected chi connectivity index (χ4v) is 2.91. The van der Waals surface area contributed by atoms with E-state index in [9.17, 15) is 19.2 Å². The summed E-state index contributed by atoms with van der Waals surface area (Å²) in [6.07, 6.45) is 2.62. The molecule has 0 aromatic heterocycles. The molecule has 13 nitrogen and oxygen atoms in total. The second kappa shape index (κ2) is 19.9. The van der Waals surface area contributed by atoms with E-state index in [2.05, 4.69) is 0 Å². The molecular weight excluding hydrogens is 532 g/mol. The van der Waals surface area contributed by atoms with Crippen LogP contribution >= 0.6 is 0 Å². The summed E-state index contributed by atoms with van der Waals surface area (Å²) >= 11 is 0. The third-order valence-corrected chi connectivity index (χ3v) is 6.39. The van der Waals surface area contributed by atoms with Crippen molar-refractivity contribution in [2.75, 3.05) is 33.0 Å². The van der Waals surface area contributed by atoms with E-state index in [0.717, 1.165) is 6.07 Å². The summed E-state index contributed by atoms with van der Waals surface area (Å²) in [7, 11) is 0. The molecule has 0 atom stereocenters. The third kappa shape index (κ3) is 15.5. The van der Waals surface area contributed by atoms with Gasteiger partial charge < -0.3 is 46.0 Å². The Morgan fingerprint density at radius 1 is 0.675 bits per heavy atom. The van der Waals surface area contributed by atoms with Gasteiger partial charge in [0.15, 0.2) is 0 Å². The summed E-state index contributed by atoms with van der Waals surface area (Å²) in [5.41, 5.74) is -1.01. The molecule has 0 bridgehead atoms. The minimum atomic E-state index is -1.13. The molecule has 0 aliphatic heterocycles. The Bertz CT molecular complexity index is 827. The van der Waals surface area contributed by atoms with E-state index in [4.69, 9.17) is 46.0 Å². The Morgan fingerprint density at radius 2 is 1.00 bits per heavy atom. The van der Waals surface area contributed by atoms with Gasteiger partial charge >= 0.3 is 23.9 Å². The molecular formula is C27H44O13. The number of rotatable bonds is 10. The lowest BCUT2D eigenvalue weighted by molar-refractivity contribution is -0.148. The van der Waals surface area contributed by atoms with Crippen LogP contribution in [0.1, 0.15) is 73.6 Å². The zero-order chi connectivity index (χ0) is 31.5. The molecule has 40 heavy (non-hydrogen) atoms. The maximum Gasteiger partial charge on any atom is 0.335 e. The van der Waals surface area contributed by atoms with E-state index in [1.165, 1.54) is 18.2 Å². The summed E-state index contributed by atoms with van der Waals surface area (Å²) in [6.45, 7) is 5.04. The molecule has 1 aromatic carbocycles. The number of hydrogen-bond acceptors (Lipinski definition) is 9. The normalized spacial score (nSPS) is 16.5. The highest BCUT2D eigenvalue weighted by atomic mass is 16.4. The first-order valence-electron chi connectivity index (χ1n) is 12.7. The van der Waals surface area contributed by atoms with Gasteiger partial charge in [-0.1, -0.05) is 26.8 Å². The molecule has 9 N–H and O–H groups in total. The molecule has 230 valence electrons. The number of aliphatic hydroxyl groups excluding tert-OH is 5. The standard InChI is InChI=1S/C8H12O4.C8H6O4.C6H14O3.C5H12O2/c9-7(10)5-1-2-6(4-3-5)8(11)12;9-7(10)5-2-1-3-6(4-5)8(11)12;1-2-6(3-7,4-8)5-9;1-5(2,3-6)4-7/h5-6H,1-4H2,(H,9,10)(H,11,12);1-4H,(H,9,10)(H,11,12);7-9H,2-5H2,1H3;6-7H,3-4H2,1-2H3. The van der Waals surface area contributed by atoms with E-state index in [1.807, 2.05) is 6.92 Å². The van der Waals surface area contributed by atoms with Gasteiger partial charge in [0.25, 0.3) is 0 Å². The van der Waals surface area contributed by atoms with Crippen LogP contribution < -0.4 is 0 Å². The smallest absolute Gasteiger partial charge is 0.335 e. The number of aliphatic hydroxyl groups is 5. The highest BCUT2D eigenvalue weighted by molar-refractivity contribution is 5.93. The van der Waals surface area contributed by atoms with Crippen LogP contribution in [-0.4, -0.2) is 103 Å². The van der Waals surface area contributed by atoms with Gasteiger partial charge in [-0.3, -0.25) is 9.59 Å². The fraction of sp³-hybridized carbons (Fsp3) is 0.630. The van der Waals surface area contributed by atoms with E-state index < -0.39 is 29.3 Å². The molecule has 0 amide bonds. The number of carbonyl (C=O) groups is 4. The Balaban J connectivity index is 0. The zero-order valence-corrected chi connectivity index (χ0v) is 23.2. The summed E-state index contributed by atoms with van der Waals surface area (Å²) in [5, 5.41) is 77.1. The number of carboxylic acids is 4. The predicted octanol–water partition coefficient (Wildman–Crippen LogP) is 1.40. The van der Waals surface area contributed by atoms with Crippen molar-refractivity contribution in [3.8, 4) is 0 Å². The summed E-state index contributed by atoms with van der Waals surface area (Å²) in [6, 6.07) is 5.20. The third-order valence-electron chi connectivity index (χ3n) is 6.39. The molecule has 13 heteroatoms. The summed E-state index contributed by atoms with van der Waals surface area (Å²) in [4.78, 5) is 41.7. The number of hydrogen-bond donors (Lipinski definition) is 9. The van der Waals surface area contributed by atoms with Crippen molar-refractivity contribution in [3.63, 3.8) is 0 Å². The zero-order valence-electron chi connectivity index (χ0n) is 23.2. The Hall–Kier alpha value is -3.10. The quantitative estimate of drug-likeness (QED) is 0.191. The monoisotopic (exact) mass is 576 g/mol. The average Bonchev–Trinajstić information content (AvgIpc) is 2.95. The first kappa shape index (κ1) is 39.0. The van der Waals surface area contributed by atoms with Crippen molar-refractivity contribution in [2.45, 2.75) is 52.9 Å². The molecule has 1 aliphatic carbocycles. The van der Waals surface area contributed by atoms with Crippen LogP contribution in [0.15, 0.2) is 24.3 Å². The van der Waals surface area contributed by atoms with Crippen LogP contribution in [-0.2, 0) is 9.59 Å². The Kier molecular flexibility index (Phi) is 19.4. The summed E-state index contributed by atoms with van der Waals surface area (Å²) in [5.74, 6) is -4.48. The van der Waals surface area contributed by atoms with Gasteiger partial charge in [-0.2, -0.15) is 0 Å². The molecule has 0 saturated heterocycles. The average molecular weight is 577 g/mol. The fourth-order valence-electron chi connectivity index (χ4n) is 2.91. The Morgan fingerprint density at radius 3 is 1.15 bits per heavy atom. The van der Waals surface area contributed by atoms with E-state index in [1.54, 1.807) is 13.8 Å². The highest BCUT2D eigenvalue weighted by Crippen LogP contribution is 2.28. The predicted molar refractivity (Wildman–Crippen MR) is 143 cm³/mol. The first-order valence-corrected chi connectivity index (χ1v) is 12.7. The Labute approximate surface area is 233 Å². The highest BCUT2D eigenvalue weighted by Gasteiger charge is 2.29. The maximum absolute atomic E-state index is 10.5. The summed E-state index contributed by atoms with van der Waals surface area (Å²) < 4.78 is 0. The van der Waals surface area contributed by atoms with E-state index in [0.29, 0.717) is 32.1 Å². The van der Waals surface area contributed by atoms with Gasteiger partial charge in [-0.05, 0) is 50.3 Å². The first-order chi connectivity index (χ1) is 18.6. The number of aliphatic carboxylic acids is 2. The van der Waals surface area contributed by atoms with Crippen LogP contribution in [0.3, 0.4) is 0 Å². The maximum atomic E-state index is 10.5. The van der Waals surface area contributed by atoms with E-state index in [-0.39, 0.29) is 61.4 Å². The lowest BCUT2D eigenvalue weighted by atomic mass is 9.82. The van der Waals surface area contributed by atoms with Crippen LogP contribution in [0, 0.1) is 22.7 Å². The topological polar surface area (TPSA) is 250 Å². The number of aromatic carboxylic acids is 2. The van der Waals surface area contributed by atoms with Crippen molar-refractivity contribution in [1.29, 1.82) is 0 Å². The minimum Gasteiger partial charge on any atom is -0.481 e. The number of benzene rings is 1. The van der Waals surface area contributed by atoms with Crippen molar-refractivity contribution in [3.05, 3.63) is 35.4 Å². The van der Waals surface area contributed by atoms with Crippen molar-refractivity contribution in [2.24, 2.45) is 22.7 Å². The van der Waals surface area contributed by atoms with Gasteiger partial charge in [0, 0.05) is 10.8 Å². The minimum absolute atomic E-state index is 0.0186. The van der Waals surface area contributed by atoms with Crippen molar-refractivity contribution in [1.82, 2.24) is 0 Å². The van der Waals surface area contributed by atoms with Crippen LogP contribution in [0.5, 0.6) is 0 Å². The van der Waals surface area contributed by atoms with Gasteiger partial charge in [-0.25, -0.2) is 9.59 Å². The molecule has 2 rings (SSSR count). The molecule has 0 radical (unpaired) electrons. The molecule has 1 fully saturated rings. The molecule has 1 aromatic rings. The second-order valence-corrected chi connectivity index (χ2v) is 10.2. The SMILES string of the molecule is CC(C)(CO)CO.CCC(CO)(CO)CO.O=C(O)C1CCC(C(=O)O)CC1.O=C(O)c1cccc(C(=O)O)c1. The van der Waals surface area contributed by atoms with Crippen LogP contribution in [0.25, 0.3) is 0 Å². The number of carboxylic acid groups (broad SMARTS) is 4. The van der Waals surface area contributed by atoms with Crippen LogP contribution in [0.2, 0.25) is 0 Å². The molecule has 0 spiro atoms. The molecule has 1 saturated carbocycles. The van der Waals surface area contributed by atoms with E-state index >= 15 is 0 Å². The van der Waals surface area contributed by atoms with Crippen molar-refractivity contribution < 1.29 is 65.1 Å². The molecule has 0 heterocycles. The largest absolute Gasteiger partial charge is 0.481 e. The van der Waals surface area contributed by atoms with Gasteiger partial charge in [0.2, 0.25) is 0 Å². The van der Waals surface area contributed by atoms with Gasteiger partial charge in [0.05, 0.1) is 56.0 Å². The van der Waals surface area contributed by atoms with Gasteiger partial charge in [0.1, 0.15) is 0 Å². The second-order valence-electron chi connectivity index (χ2n) is 10.2. The molecule has 0 unspecified atom stereocenters. The van der Waals surface area contributed by atoms with Gasteiger partial charge in [-0.15, -0.1) is 0 Å². The molecule has 1 aliphatic rings.